The third-order valence-corrected chi connectivity index (χ3v) is 2.71. The Morgan fingerprint density at radius 3 is 2.53 bits per heavy atom. The Morgan fingerprint density at radius 2 is 2.11 bits per heavy atom. The molecule has 2 atom stereocenters. The number of hydrogen-bond donors (Lipinski definition) is 0. The Bertz CT molecular complexity index is 351. The summed E-state index contributed by atoms with van der Waals surface area (Å²) in [6.45, 7) is 12.9. The lowest BCUT2D eigenvalue weighted by Gasteiger charge is -2.42. The molecular formula is C13H22O6. The number of carbonyl (C=O) groups excluding carboxylic acids is 1. The quantitative estimate of drug-likeness (QED) is 0.421. The largest absolute Gasteiger partial charge is 0.511 e. The fourth-order valence-electron chi connectivity index (χ4n) is 1.17. The van der Waals surface area contributed by atoms with Gasteiger partial charge >= 0.3 is 6.16 Å². The van der Waals surface area contributed by atoms with E-state index in [4.69, 9.17) is 24.0 Å². The summed E-state index contributed by atoms with van der Waals surface area (Å²) in [5.74, 6) is -1.30. The van der Waals surface area contributed by atoms with Gasteiger partial charge in [0.15, 0.2) is 0 Å². The molecule has 0 bridgehead atoms. The van der Waals surface area contributed by atoms with Crippen LogP contribution in [0.3, 0.4) is 0 Å². The molecular weight excluding hydrogens is 252 g/mol. The van der Waals surface area contributed by atoms with Crippen molar-refractivity contribution < 1.29 is 28.8 Å². The molecule has 0 aliphatic carbocycles. The van der Waals surface area contributed by atoms with E-state index in [-0.39, 0.29) is 0 Å². The van der Waals surface area contributed by atoms with Gasteiger partial charge in [0.1, 0.15) is 5.60 Å². The Hall–Kier alpha value is -1.11. The van der Waals surface area contributed by atoms with Gasteiger partial charge in [0.25, 0.3) is 12.1 Å². The van der Waals surface area contributed by atoms with Crippen molar-refractivity contribution >= 4 is 6.16 Å². The summed E-state index contributed by atoms with van der Waals surface area (Å²) >= 11 is 0. The number of rotatable bonds is 6. The smallest absolute Gasteiger partial charge is 0.428 e. The summed E-state index contributed by atoms with van der Waals surface area (Å²) < 4.78 is 15.6. The van der Waals surface area contributed by atoms with Crippen molar-refractivity contribution in [2.24, 2.45) is 0 Å². The maximum atomic E-state index is 11.7. The van der Waals surface area contributed by atoms with Crippen molar-refractivity contribution in [2.45, 2.75) is 58.7 Å². The van der Waals surface area contributed by atoms with E-state index in [1.807, 2.05) is 13.8 Å². The SMILES string of the molecule is C=C(C)COC1OOC1(C)OC(=O)OC(C)(C)CC. The second-order valence-electron chi connectivity index (χ2n) is 5.36. The average molecular weight is 274 g/mol. The van der Waals surface area contributed by atoms with E-state index in [2.05, 4.69) is 6.58 Å². The van der Waals surface area contributed by atoms with Gasteiger partial charge < -0.3 is 14.2 Å². The van der Waals surface area contributed by atoms with E-state index in [0.29, 0.717) is 13.0 Å². The van der Waals surface area contributed by atoms with Crippen LogP contribution in [0.4, 0.5) is 4.79 Å². The average Bonchev–Trinajstić information content (AvgIpc) is 2.26. The van der Waals surface area contributed by atoms with E-state index in [9.17, 15) is 4.79 Å². The van der Waals surface area contributed by atoms with Crippen LogP contribution in [0.2, 0.25) is 0 Å². The lowest BCUT2D eigenvalue weighted by Crippen LogP contribution is -2.58. The first-order valence-corrected chi connectivity index (χ1v) is 6.21. The van der Waals surface area contributed by atoms with Crippen LogP contribution >= 0.6 is 0 Å². The minimum Gasteiger partial charge on any atom is -0.428 e. The van der Waals surface area contributed by atoms with Crippen molar-refractivity contribution in [3.8, 4) is 0 Å². The van der Waals surface area contributed by atoms with Crippen molar-refractivity contribution in [3.63, 3.8) is 0 Å². The van der Waals surface area contributed by atoms with E-state index < -0.39 is 23.8 Å². The summed E-state index contributed by atoms with van der Waals surface area (Å²) in [7, 11) is 0. The first-order valence-electron chi connectivity index (χ1n) is 6.21. The van der Waals surface area contributed by atoms with Crippen molar-refractivity contribution in [3.05, 3.63) is 12.2 Å². The Morgan fingerprint density at radius 1 is 1.47 bits per heavy atom. The third-order valence-electron chi connectivity index (χ3n) is 2.71. The molecule has 1 rings (SSSR count). The highest BCUT2D eigenvalue weighted by atomic mass is 17.3. The fourth-order valence-corrected chi connectivity index (χ4v) is 1.17. The predicted octanol–water partition coefficient (Wildman–Crippen LogP) is 2.93. The van der Waals surface area contributed by atoms with Crippen LogP contribution in [0, 0.1) is 0 Å². The van der Waals surface area contributed by atoms with E-state index in [0.717, 1.165) is 5.57 Å². The Labute approximate surface area is 113 Å². The molecule has 6 heteroatoms. The van der Waals surface area contributed by atoms with Crippen LogP contribution in [-0.4, -0.2) is 30.4 Å². The molecule has 1 heterocycles. The lowest BCUT2D eigenvalue weighted by molar-refractivity contribution is -0.601. The summed E-state index contributed by atoms with van der Waals surface area (Å²) in [6.07, 6.45) is -0.936. The first-order chi connectivity index (χ1) is 8.68. The molecule has 0 aromatic heterocycles. The maximum Gasteiger partial charge on any atom is 0.511 e. The van der Waals surface area contributed by atoms with Gasteiger partial charge in [-0.25, -0.2) is 4.79 Å². The number of ether oxygens (including phenoxy) is 3. The molecule has 2 unspecified atom stereocenters. The highest BCUT2D eigenvalue weighted by Gasteiger charge is 2.53. The number of carbonyl (C=O) groups is 1. The zero-order valence-corrected chi connectivity index (χ0v) is 12.1. The molecule has 0 amide bonds. The highest BCUT2D eigenvalue weighted by Crippen LogP contribution is 2.33. The van der Waals surface area contributed by atoms with Gasteiger partial charge in [0.2, 0.25) is 0 Å². The highest BCUT2D eigenvalue weighted by molar-refractivity contribution is 5.61. The van der Waals surface area contributed by atoms with E-state index in [1.54, 1.807) is 20.8 Å². The minimum absolute atomic E-state index is 0.294. The molecule has 0 radical (unpaired) electrons. The molecule has 1 aliphatic heterocycles. The summed E-state index contributed by atoms with van der Waals surface area (Å²) in [5, 5.41) is 0. The van der Waals surface area contributed by atoms with Gasteiger partial charge in [-0.3, -0.25) is 0 Å². The number of hydrogen-bond acceptors (Lipinski definition) is 6. The van der Waals surface area contributed by atoms with Crippen LogP contribution in [-0.2, 0) is 24.0 Å². The zero-order chi connectivity index (χ0) is 14.7. The zero-order valence-electron chi connectivity index (χ0n) is 12.1. The normalized spacial score (nSPS) is 26.5. The molecule has 110 valence electrons. The molecule has 1 fully saturated rings. The fraction of sp³-hybridized carbons (Fsp3) is 0.769. The molecule has 1 aliphatic rings. The summed E-state index contributed by atoms with van der Waals surface area (Å²) in [6, 6.07) is 0. The molecule has 0 spiro atoms. The summed E-state index contributed by atoms with van der Waals surface area (Å²) in [5.41, 5.74) is 0.235. The van der Waals surface area contributed by atoms with Gasteiger partial charge in [-0.1, -0.05) is 19.1 Å². The second kappa shape index (κ2) is 5.90. The van der Waals surface area contributed by atoms with Crippen LogP contribution in [0.25, 0.3) is 0 Å². The van der Waals surface area contributed by atoms with Gasteiger partial charge in [-0.05, 0) is 27.2 Å². The molecule has 0 aromatic carbocycles. The van der Waals surface area contributed by atoms with E-state index >= 15 is 0 Å². The molecule has 1 saturated heterocycles. The lowest BCUT2D eigenvalue weighted by atomic mass is 10.1. The molecule has 0 aromatic rings. The monoisotopic (exact) mass is 274 g/mol. The topological polar surface area (TPSA) is 63.2 Å². The van der Waals surface area contributed by atoms with Crippen LogP contribution in [0.5, 0.6) is 0 Å². The Kier molecular flexibility index (Phi) is 4.95. The van der Waals surface area contributed by atoms with Gasteiger partial charge in [-0.2, -0.15) is 9.78 Å². The first kappa shape index (κ1) is 15.9. The Balaban J connectivity index is 2.46. The van der Waals surface area contributed by atoms with Gasteiger partial charge in [0, 0.05) is 6.92 Å². The molecule has 0 N–H and O–H groups in total. The molecule has 6 nitrogen and oxygen atoms in total. The molecule has 0 saturated carbocycles. The predicted molar refractivity (Wildman–Crippen MR) is 67.1 cm³/mol. The van der Waals surface area contributed by atoms with E-state index in [1.165, 1.54) is 0 Å². The van der Waals surface area contributed by atoms with Crippen molar-refractivity contribution in [1.29, 1.82) is 0 Å². The minimum atomic E-state index is -1.30. The van der Waals surface area contributed by atoms with Crippen molar-refractivity contribution in [2.75, 3.05) is 6.61 Å². The second-order valence-corrected chi connectivity index (χ2v) is 5.36. The maximum absolute atomic E-state index is 11.7. The van der Waals surface area contributed by atoms with Crippen LogP contribution in [0.15, 0.2) is 12.2 Å². The third kappa shape index (κ3) is 4.49. The van der Waals surface area contributed by atoms with Gasteiger partial charge in [-0.15, -0.1) is 0 Å². The van der Waals surface area contributed by atoms with Crippen LogP contribution in [0.1, 0.15) is 41.0 Å². The summed E-state index contributed by atoms with van der Waals surface area (Å²) in [4.78, 5) is 21.2. The van der Waals surface area contributed by atoms with Gasteiger partial charge in [0.05, 0.1) is 6.61 Å². The van der Waals surface area contributed by atoms with Crippen molar-refractivity contribution in [1.82, 2.24) is 0 Å². The molecule has 19 heavy (non-hydrogen) atoms. The van der Waals surface area contributed by atoms with Crippen LogP contribution < -0.4 is 0 Å². The standard InChI is InChI=1S/C13H22O6/c1-7-12(4,5)16-11(14)17-13(6)10(18-19-13)15-8-9(2)3/h10H,2,7-8H2,1,3-6H3.